The molecule has 1 aliphatic rings. The van der Waals surface area contributed by atoms with E-state index in [1.54, 1.807) is 13.8 Å². The summed E-state index contributed by atoms with van der Waals surface area (Å²) in [6, 6.07) is 7.42. The third-order valence-electron chi connectivity index (χ3n) is 3.78. The van der Waals surface area contributed by atoms with E-state index in [2.05, 4.69) is 20.7 Å². The molecule has 0 radical (unpaired) electrons. The maximum atomic E-state index is 12.3. The van der Waals surface area contributed by atoms with Gasteiger partial charge in [0.25, 0.3) is 0 Å². The Morgan fingerprint density at radius 2 is 1.91 bits per heavy atom. The normalized spacial score (nSPS) is 14.6. The topological polar surface area (TPSA) is 79.6 Å². The Balaban J connectivity index is 1.73. The van der Waals surface area contributed by atoms with Gasteiger partial charge in [0.05, 0.1) is 24.6 Å². The second kappa shape index (κ2) is 6.70. The quantitative estimate of drug-likeness (QED) is 0.910. The Bertz CT molecular complexity index is 673. The summed E-state index contributed by atoms with van der Waals surface area (Å²) in [5, 5.41) is 9.51. The number of morpholine rings is 1. The molecule has 0 saturated carbocycles. The fraction of sp³-hybridized carbons (Fsp3) is 0.375. The molecular weight excluding hydrogens is 296 g/mol. The largest absolute Gasteiger partial charge is 0.378 e. The molecule has 1 fully saturated rings. The first-order chi connectivity index (χ1) is 11.1. The molecule has 2 N–H and O–H groups in total. The van der Waals surface area contributed by atoms with Crippen LogP contribution in [0.5, 0.6) is 0 Å². The fourth-order valence-corrected chi connectivity index (χ4v) is 2.59. The third kappa shape index (κ3) is 3.45. The van der Waals surface area contributed by atoms with Crippen molar-refractivity contribution in [1.29, 1.82) is 0 Å². The van der Waals surface area contributed by atoms with E-state index < -0.39 is 0 Å². The van der Waals surface area contributed by atoms with Crippen molar-refractivity contribution < 1.29 is 14.1 Å². The number of aryl methyl sites for hydroxylation is 2. The van der Waals surface area contributed by atoms with Gasteiger partial charge in [-0.15, -0.1) is 0 Å². The zero-order valence-electron chi connectivity index (χ0n) is 13.3. The summed E-state index contributed by atoms with van der Waals surface area (Å²) >= 11 is 0. The van der Waals surface area contributed by atoms with Gasteiger partial charge in [0, 0.05) is 13.1 Å². The van der Waals surface area contributed by atoms with Crippen LogP contribution in [0.3, 0.4) is 0 Å². The first kappa shape index (κ1) is 15.4. The van der Waals surface area contributed by atoms with Crippen LogP contribution in [-0.4, -0.2) is 37.5 Å². The number of urea groups is 1. The molecule has 7 heteroatoms. The van der Waals surface area contributed by atoms with E-state index in [1.807, 2.05) is 24.3 Å². The van der Waals surface area contributed by atoms with Gasteiger partial charge < -0.3 is 24.8 Å². The first-order valence-electron chi connectivity index (χ1n) is 7.58. The van der Waals surface area contributed by atoms with Crippen LogP contribution < -0.4 is 15.5 Å². The van der Waals surface area contributed by atoms with Crippen LogP contribution in [0.25, 0.3) is 0 Å². The zero-order chi connectivity index (χ0) is 16.2. The number of benzene rings is 1. The highest BCUT2D eigenvalue weighted by atomic mass is 16.5. The molecule has 0 bridgehead atoms. The molecule has 1 aromatic heterocycles. The number of hydrogen-bond acceptors (Lipinski definition) is 5. The van der Waals surface area contributed by atoms with Crippen molar-refractivity contribution in [2.24, 2.45) is 0 Å². The molecular formula is C16H20N4O3. The molecule has 0 spiro atoms. The Morgan fingerprint density at radius 3 is 2.61 bits per heavy atom. The average molecular weight is 316 g/mol. The SMILES string of the molecule is Cc1noc(C)c1NC(=O)Nc1ccccc1N1CCOCC1. The summed E-state index contributed by atoms with van der Waals surface area (Å²) in [5.74, 6) is 0.583. The van der Waals surface area contributed by atoms with Crippen LogP contribution in [0.15, 0.2) is 28.8 Å². The van der Waals surface area contributed by atoms with E-state index in [0.717, 1.165) is 24.5 Å². The zero-order valence-corrected chi connectivity index (χ0v) is 13.3. The van der Waals surface area contributed by atoms with E-state index in [1.165, 1.54) is 0 Å². The summed E-state index contributed by atoms with van der Waals surface area (Å²) < 4.78 is 10.4. The Kier molecular flexibility index (Phi) is 4.47. The van der Waals surface area contributed by atoms with Gasteiger partial charge in [0.1, 0.15) is 11.4 Å². The van der Waals surface area contributed by atoms with E-state index >= 15 is 0 Å². The summed E-state index contributed by atoms with van der Waals surface area (Å²) in [7, 11) is 0. The number of rotatable bonds is 3. The lowest BCUT2D eigenvalue weighted by Crippen LogP contribution is -2.37. The van der Waals surface area contributed by atoms with Crippen molar-refractivity contribution in [3.05, 3.63) is 35.7 Å². The summed E-state index contributed by atoms with van der Waals surface area (Å²) in [4.78, 5) is 14.5. The molecule has 0 aliphatic carbocycles. The van der Waals surface area contributed by atoms with Gasteiger partial charge >= 0.3 is 6.03 Å². The predicted octanol–water partition coefficient (Wildman–Crippen LogP) is 2.77. The van der Waals surface area contributed by atoms with Crippen molar-refractivity contribution in [1.82, 2.24) is 5.16 Å². The smallest absolute Gasteiger partial charge is 0.323 e. The van der Waals surface area contributed by atoms with Crippen molar-refractivity contribution in [2.45, 2.75) is 13.8 Å². The van der Waals surface area contributed by atoms with E-state index in [9.17, 15) is 4.79 Å². The lowest BCUT2D eigenvalue weighted by atomic mass is 10.2. The molecule has 0 unspecified atom stereocenters. The molecule has 1 aromatic carbocycles. The van der Waals surface area contributed by atoms with Gasteiger partial charge in [-0.1, -0.05) is 17.3 Å². The first-order valence-corrected chi connectivity index (χ1v) is 7.58. The maximum absolute atomic E-state index is 12.3. The Hall–Kier alpha value is -2.54. The number of anilines is 3. The van der Waals surface area contributed by atoms with E-state index in [0.29, 0.717) is 30.4 Å². The van der Waals surface area contributed by atoms with Crippen molar-refractivity contribution in [2.75, 3.05) is 41.8 Å². The number of amides is 2. The van der Waals surface area contributed by atoms with E-state index in [4.69, 9.17) is 9.26 Å². The number of hydrogen-bond donors (Lipinski definition) is 2. The summed E-state index contributed by atoms with van der Waals surface area (Å²) in [6.07, 6.45) is 0. The van der Waals surface area contributed by atoms with Gasteiger partial charge in [-0.2, -0.15) is 0 Å². The lowest BCUT2D eigenvalue weighted by Gasteiger charge is -2.30. The fourth-order valence-electron chi connectivity index (χ4n) is 2.59. The summed E-state index contributed by atoms with van der Waals surface area (Å²) in [6.45, 7) is 6.55. The van der Waals surface area contributed by atoms with Crippen molar-refractivity contribution in [3.8, 4) is 0 Å². The van der Waals surface area contributed by atoms with Gasteiger partial charge in [0.2, 0.25) is 0 Å². The predicted molar refractivity (Wildman–Crippen MR) is 88.1 cm³/mol. The molecule has 2 aromatic rings. The number of nitrogens with zero attached hydrogens (tertiary/aromatic N) is 2. The standard InChI is InChI=1S/C16H20N4O3/c1-11-15(12(2)23-19-11)18-16(21)17-13-5-3-4-6-14(13)20-7-9-22-10-8-20/h3-6H,7-10H2,1-2H3,(H2,17,18,21). The number of para-hydroxylation sites is 2. The minimum absolute atomic E-state index is 0.319. The Morgan fingerprint density at radius 1 is 1.17 bits per heavy atom. The average Bonchev–Trinajstić information content (AvgIpc) is 2.88. The minimum atomic E-state index is -0.319. The number of ether oxygens (including phenoxy) is 1. The van der Waals surface area contributed by atoms with Crippen LogP contribution in [0.2, 0.25) is 0 Å². The molecule has 2 amide bonds. The minimum Gasteiger partial charge on any atom is -0.378 e. The van der Waals surface area contributed by atoms with Crippen molar-refractivity contribution in [3.63, 3.8) is 0 Å². The molecule has 1 saturated heterocycles. The molecule has 1 aliphatic heterocycles. The number of aromatic nitrogens is 1. The Labute approximate surface area is 134 Å². The van der Waals surface area contributed by atoms with Gasteiger partial charge in [-0.25, -0.2) is 4.79 Å². The second-order valence-corrected chi connectivity index (χ2v) is 5.39. The summed E-state index contributed by atoms with van der Waals surface area (Å²) in [5.41, 5.74) is 3.01. The number of carbonyl (C=O) groups excluding carboxylic acids is 1. The lowest BCUT2D eigenvalue weighted by molar-refractivity contribution is 0.123. The number of nitrogens with one attached hydrogen (secondary N) is 2. The second-order valence-electron chi connectivity index (χ2n) is 5.39. The van der Waals surface area contributed by atoms with Crippen LogP contribution >= 0.6 is 0 Å². The highest BCUT2D eigenvalue weighted by Crippen LogP contribution is 2.27. The van der Waals surface area contributed by atoms with Gasteiger partial charge in [0.15, 0.2) is 5.76 Å². The molecule has 23 heavy (non-hydrogen) atoms. The molecule has 3 rings (SSSR count). The van der Waals surface area contributed by atoms with Crippen LogP contribution in [-0.2, 0) is 4.74 Å². The van der Waals surface area contributed by atoms with Crippen LogP contribution in [0.4, 0.5) is 21.9 Å². The highest BCUT2D eigenvalue weighted by Gasteiger charge is 2.17. The van der Waals surface area contributed by atoms with Crippen LogP contribution in [0.1, 0.15) is 11.5 Å². The maximum Gasteiger partial charge on any atom is 0.323 e. The van der Waals surface area contributed by atoms with Gasteiger partial charge in [-0.05, 0) is 26.0 Å². The van der Waals surface area contributed by atoms with Gasteiger partial charge in [-0.3, -0.25) is 0 Å². The molecule has 2 heterocycles. The third-order valence-corrected chi connectivity index (χ3v) is 3.78. The number of carbonyl (C=O) groups is 1. The molecule has 122 valence electrons. The molecule has 0 atom stereocenters. The van der Waals surface area contributed by atoms with E-state index in [-0.39, 0.29) is 6.03 Å². The highest BCUT2D eigenvalue weighted by molar-refractivity contribution is 6.02. The molecule has 7 nitrogen and oxygen atoms in total. The van der Waals surface area contributed by atoms with Crippen molar-refractivity contribution >= 4 is 23.1 Å². The van der Waals surface area contributed by atoms with Crippen LogP contribution in [0, 0.1) is 13.8 Å². The monoisotopic (exact) mass is 316 g/mol.